The zero-order valence-electron chi connectivity index (χ0n) is 14.3. The molecule has 1 saturated heterocycles. The maximum absolute atomic E-state index is 13.9. The van der Waals surface area contributed by atoms with Crippen LogP contribution < -0.4 is 10.2 Å². The smallest absolute Gasteiger partial charge is 0.227 e. The highest BCUT2D eigenvalue weighted by molar-refractivity contribution is 9.10. The zero-order valence-corrected chi connectivity index (χ0v) is 15.9. The summed E-state index contributed by atoms with van der Waals surface area (Å²) < 4.78 is 27.3. The fraction of sp³-hybridized carbons (Fsp3) is 0.263. The third kappa shape index (κ3) is 3.66. The van der Waals surface area contributed by atoms with Gasteiger partial charge in [-0.05, 0) is 47.0 Å². The highest BCUT2D eigenvalue weighted by atomic mass is 79.9. The standard InChI is InChI=1S/C19H17BrF2N4O/c20-13-9-12(21)10-14(22)17(13)25-18(27)11-5-7-26(8-6-11)19-23-15-3-1-2-4-16(15)24-19/h1-4,9-11H,5-8H2,(H,23,24)(H,25,27). The predicted molar refractivity (Wildman–Crippen MR) is 104 cm³/mol. The first-order valence-corrected chi connectivity index (χ1v) is 9.45. The quantitative estimate of drug-likeness (QED) is 0.639. The number of carbonyl (C=O) groups excluding carboxylic acids is 1. The van der Waals surface area contributed by atoms with Crippen LogP contribution in [0.15, 0.2) is 40.9 Å². The Hall–Kier alpha value is -2.48. The Bertz CT molecular complexity index is 942. The van der Waals surface area contributed by atoms with E-state index in [1.807, 2.05) is 24.3 Å². The molecule has 0 saturated carbocycles. The van der Waals surface area contributed by atoms with Crippen molar-refractivity contribution in [3.8, 4) is 0 Å². The number of para-hydroxylation sites is 2. The van der Waals surface area contributed by atoms with Crippen LogP contribution in [0, 0.1) is 17.6 Å². The average Bonchev–Trinajstić information content (AvgIpc) is 3.09. The van der Waals surface area contributed by atoms with Gasteiger partial charge in [-0.3, -0.25) is 4.79 Å². The van der Waals surface area contributed by atoms with Crippen LogP contribution in [0.4, 0.5) is 20.4 Å². The van der Waals surface area contributed by atoms with Crippen molar-refractivity contribution in [3.63, 3.8) is 0 Å². The van der Waals surface area contributed by atoms with Gasteiger partial charge in [-0.2, -0.15) is 0 Å². The molecule has 27 heavy (non-hydrogen) atoms. The number of aromatic amines is 1. The van der Waals surface area contributed by atoms with Gasteiger partial charge in [0.15, 0.2) is 5.82 Å². The van der Waals surface area contributed by atoms with E-state index in [2.05, 4.69) is 36.1 Å². The minimum Gasteiger partial charge on any atom is -0.342 e. The Balaban J connectivity index is 1.41. The summed E-state index contributed by atoms with van der Waals surface area (Å²) in [4.78, 5) is 22.5. The van der Waals surface area contributed by atoms with Gasteiger partial charge in [0.25, 0.3) is 0 Å². The summed E-state index contributed by atoms with van der Waals surface area (Å²) in [5.74, 6) is -1.19. The van der Waals surface area contributed by atoms with E-state index < -0.39 is 11.6 Å². The number of fused-ring (bicyclic) bond motifs is 1. The number of aromatic nitrogens is 2. The maximum atomic E-state index is 13.9. The summed E-state index contributed by atoms with van der Waals surface area (Å²) in [5, 5.41) is 2.58. The molecule has 4 rings (SSSR count). The van der Waals surface area contributed by atoms with Gasteiger partial charge < -0.3 is 15.2 Å². The summed E-state index contributed by atoms with van der Waals surface area (Å²) in [6, 6.07) is 9.70. The molecule has 1 fully saturated rings. The third-order valence-corrected chi connectivity index (χ3v) is 5.42. The van der Waals surface area contributed by atoms with Crippen LogP contribution in [0.1, 0.15) is 12.8 Å². The second kappa shape index (κ2) is 7.26. The van der Waals surface area contributed by atoms with Gasteiger partial charge in [0.05, 0.1) is 16.7 Å². The Labute approximate surface area is 162 Å². The fourth-order valence-corrected chi connectivity index (χ4v) is 3.84. The number of piperidine rings is 1. The molecular weight excluding hydrogens is 418 g/mol. The van der Waals surface area contributed by atoms with Gasteiger partial charge in [0, 0.05) is 29.5 Å². The molecule has 3 aromatic rings. The number of rotatable bonds is 3. The van der Waals surface area contributed by atoms with Crippen molar-refractivity contribution >= 4 is 44.5 Å². The molecule has 0 spiro atoms. The summed E-state index contributed by atoms with van der Waals surface area (Å²) in [6.07, 6.45) is 1.26. The first kappa shape index (κ1) is 17.9. The molecule has 0 unspecified atom stereocenters. The molecule has 2 aromatic carbocycles. The van der Waals surface area contributed by atoms with Crippen LogP contribution >= 0.6 is 15.9 Å². The van der Waals surface area contributed by atoms with Crippen molar-refractivity contribution in [3.05, 3.63) is 52.5 Å². The lowest BCUT2D eigenvalue weighted by Gasteiger charge is -2.31. The molecule has 1 amide bonds. The zero-order chi connectivity index (χ0) is 19.0. The van der Waals surface area contributed by atoms with E-state index >= 15 is 0 Å². The maximum Gasteiger partial charge on any atom is 0.227 e. The van der Waals surface area contributed by atoms with Crippen LogP contribution in [0.25, 0.3) is 11.0 Å². The first-order valence-electron chi connectivity index (χ1n) is 8.66. The topological polar surface area (TPSA) is 61.0 Å². The normalized spacial score (nSPS) is 15.3. The lowest BCUT2D eigenvalue weighted by molar-refractivity contribution is -0.120. The number of carbonyl (C=O) groups is 1. The van der Waals surface area contributed by atoms with Crippen molar-refractivity contribution in [1.82, 2.24) is 9.97 Å². The van der Waals surface area contributed by atoms with E-state index in [1.165, 1.54) is 0 Å². The van der Waals surface area contributed by atoms with Crippen molar-refractivity contribution < 1.29 is 13.6 Å². The van der Waals surface area contributed by atoms with E-state index in [9.17, 15) is 13.6 Å². The summed E-state index contributed by atoms with van der Waals surface area (Å²) >= 11 is 3.09. The summed E-state index contributed by atoms with van der Waals surface area (Å²) in [7, 11) is 0. The van der Waals surface area contributed by atoms with Crippen molar-refractivity contribution in [2.45, 2.75) is 12.8 Å². The second-order valence-corrected chi connectivity index (χ2v) is 7.43. The van der Waals surface area contributed by atoms with Gasteiger partial charge in [0.1, 0.15) is 5.82 Å². The Morgan fingerprint density at radius 3 is 2.67 bits per heavy atom. The number of anilines is 2. The average molecular weight is 435 g/mol. The summed E-state index contributed by atoms with van der Waals surface area (Å²) in [6.45, 7) is 1.34. The van der Waals surface area contributed by atoms with Crippen LogP contribution in [-0.4, -0.2) is 29.0 Å². The lowest BCUT2D eigenvalue weighted by Crippen LogP contribution is -2.38. The largest absolute Gasteiger partial charge is 0.342 e. The molecule has 0 radical (unpaired) electrons. The molecule has 140 valence electrons. The number of imidazole rings is 1. The molecular formula is C19H17BrF2N4O. The van der Waals surface area contributed by atoms with Crippen molar-refractivity contribution in [2.75, 3.05) is 23.3 Å². The van der Waals surface area contributed by atoms with Crippen molar-refractivity contribution in [1.29, 1.82) is 0 Å². The number of halogens is 3. The number of benzene rings is 2. The van der Waals surface area contributed by atoms with E-state index in [0.29, 0.717) is 25.9 Å². The van der Waals surface area contributed by atoms with E-state index in [4.69, 9.17) is 0 Å². The lowest BCUT2D eigenvalue weighted by atomic mass is 9.96. The highest BCUT2D eigenvalue weighted by Gasteiger charge is 2.27. The van der Waals surface area contributed by atoms with Gasteiger partial charge >= 0.3 is 0 Å². The molecule has 0 bridgehead atoms. The Morgan fingerprint density at radius 2 is 1.96 bits per heavy atom. The molecule has 0 atom stereocenters. The van der Waals surface area contributed by atoms with E-state index in [-0.39, 0.29) is 22.0 Å². The van der Waals surface area contributed by atoms with Gasteiger partial charge in [-0.15, -0.1) is 0 Å². The van der Waals surface area contributed by atoms with Gasteiger partial charge in [-0.25, -0.2) is 13.8 Å². The van der Waals surface area contributed by atoms with E-state index in [0.717, 1.165) is 29.1 Å². The monoisotopic (exact) mass is 434 g/mol. The van der Waals surface area contributed by atoms with Crippen LogP contribution in [0.2, 0.25) is 0 Å². The fourth-order valence-electron chi connectivity index (χ4n) is 3.33. The molecule has 1 aliphatic heterocycles. The number of H-pyrrole nitrogens is 1. The van der Waals surface area contributed by atoms with Crippen LogP contribution in [0.5, 0.6) is 0 Å². The molecule has 2 N–H and O–H groups in total. The number of nitrogens with one attached hydrogen (secondary N) is 2. The van der Waals surface area contributed by atoms with E-state index in [1.54, 1.807) is 0 Å². The third-order valence-electron chi connectivity index (χ3n) is 4.80. The van der Waals surface area contributed by atoms with Gasteiger partial charge in [-0.1, -0.05) is 12.1 Å². The van der Waals surface area contributed by atoms with Crippen molar-refractivity contribution in [2.24, 2.45) is 5.92 Å². The Kier molecular flexibility index (Phi) is 4.82. The molecule has 1 aromatic heterocycles. The molecule has 2 heterocycles. The minimum atomic E-state index is -0.796. The molecule has 8 heteroatoms. The molecule has 5 nitrogen and oxygen atoms in total. The number of amides is 1. The summed E-state index contributed by atoms with van der Waals surface area (Å²) in [5.41, 5.74) is 1.86. The van der Waals surface area contributed by atoms with Gasteiger partial charge in [0.2, 0.25) is 11.9 Å². The van der Waals surface area contributed by atoms with Crippen LogP contribution in [-0.2, 0) is 4.79 Å². The number of hydrogen-bond acceptors (Lipinski definition) is 3. The Morgan fingerprint density at radius 1 is 1.22 bits per heavy atom. The number of hydrogen-bond donors (Lipinski definition) is 2. The SMILES string of the molecule is O=C(Nc1c(F)cc(F)cc1Br)C1CCN(c2nc3ccccc3[nH]2)CC1. The van der Waals surface area contributed by atoms with Crippen LogP contribution in [0.3, 0.4) is 0 Å². The molecule has 1 aliphatic rings. The number of nitrogens with zero attached hydrogens (tertiary/aromatic N) is 2. The highest BCUT2D eigenvalue weighted by Crippen LogP contribution is 2.29. The predicted octanol–water partition coefficient (Wildman–Crippen LogP) is 4.46. The first-order chi connectivity index (χ1) is 13.0. The minimum absolute atomic E-state index is 0.0267. The second-order valence-electron chi connectivity index (χ2n) is 6.57. The molecule has 0 aliphatic carbocycles.